The van der Waals surface area contributed by atoms with E-state index in [1.807, 2.05) is 31.2 Å². The summed E-state index contributed by atoms with van der Waals surface area (Å²) in [6.45, 7) is 2.04. The quantitative estimate of drug-likeness (QED) is 0.609. The fourth-order valence-corrected chi connectivity index (χ4v) is 3.74. The minimum atomic E-state index is 0.425. The second-order valence-electron chi connectivity index (χ2n) is 6.42. The van der Waals surface area contributed by atoms with Crippen LogP contribution in [0.25, 0.3) is 11.5 Å². The molecule has 0 bridgehead atoms. The Balaban J connectivity index is 1.38. The van der Waals surface area contributed by atoms with Crippen molar-refractivity contribution < 1.29 is 8.94 Å². The first-order valence-electron chi connectivity index (χ1n) is 8.64. The lowest BCUT2D eigenvalue weighted by Gasteiger charge is -2.17. The molecular formula is C18H20N4O2S. The molecule has 0 radical (unpaired) electrons. The lowest BCUT2D eigenvalue weighted by atomic mass is 9.89. The predicted octanol–water partition coefficient (Wildman–Crippen LogP) is 4.77. The second kappa shape index (κ2) is 7.39. The van der Waals surface area contributed by atoms with Crippen LogP contribution in [0.1, 0.15) is 55.3 Å². The molecule has 0 atom stereocenters. The molecule has 25 heavy (non-hydrogen) atoms. The van der Waals surface area contributed by atoms with E-state index in [-0.39, 0.29) is 0 Å². The summed E-state index contributed by atoms with van der Waals surface area (Å²) in [6, 6.07) is 8.01. The predicted molar refractivity (Wildman–Crippen MR) is 94.2 cm³/mol. The highest BCUT2D eigenvalue weighted by Crippen LogP contribution is 2.33. The number of hydrogen-bond donors (Lipinski definition) is 0. The van der Waals surface area contributed by atoms with Crippen LogP contribution in [0.3, 0.4) is 0 Å². The number of hydrogen-bond acceptors (Lipinski definition) is 7. The van der Waals surface area contributed by atoms with Gasteiger partial charge in [0.1, 0.15) is 0 Å². The summed E-state index contributed by atoms with van der Waals surface area (Å²) in [6.07, 6.45) is 6.11. The largest absolute Gasteiger partial charge is 0.416 e. The first-order valence-corrected chi connectivity index (χ1v) is 9.62. The standard InChI is InChI=1S/C18H20N4O2S/c1-12-6-5-9-14(10-12)16-19-15(22-24-16)11-25-18-21-20-17(23-18)13-7-3-2-4-8-13/h5-6,9-10,13H,2-4,7-8,11H2,1H3. The molecule has 0 spiro atoms. The summed E-state index contributed by atoms with van der Waals surface area (Å²) in [5.41, 5.74) is 2.09. The highest BCUT2D eigenvalue weighted by Gasteiger charge is 2.21. The average Bonchev–Trinajstić information content (AvgIpc) is 3.30. The smallest absolute Gasteiger partial charge is 0.277 e. The number of nitrogens with zero attached hydrogens (tertiary/aromatic N) is 4. The lowest BCUT2D eigenvalue weighted by Crippen LogP contribution is -2.04. The van der Waals surface area contributed by atoms with Crippen LogP contribution in [0.5, 0.6) is 0 Å². The molecule has 130 valence electrons. The molecule has 0 unspecified atom stereocenters. The highest BCUT2D eigenvalue weighted by atomic mass is 32.2. The van der Waals surface area contributed by atoms with Gasteiger partial charge >= 0.3 is 0 Å². The van der Waals surface area contributed by atoms with Crippen molar-refractivity contribution in [2.75, 3.05) is 0 Å². The Morgan fingerprint density at radius 3 is 2.88 bits per heavy atom. The molecule has 1 aromatic carbocycles. The molecule has 2 heterocycles. The van der Waals surface area contributed by atoms with E-state index in [9.17, 15) is 0 Å². The van der Waals surface area contributed by atoms with Crippen LogP contribution in [0, 0.1) is 6.92 Å². The van der Waals surface area contributed by atoms with Gasteiger partial charge in [0.25, 0.3) is 11.1 Å². The van der Waals surface area contributed by atoms with E-state index >= 15 is 0 Å². The van der Waals surface area contributed by atoms with Gasteiger partial charge in [-0.15, -0.1) is 10.2 Å². The topological polar surface area (TPSA) is 77.8 Å². The first kappa shape index (κ1) is 16.3. The Hall–Kier alpha value is -2.15. The summed E-state index contributed by atoms with van der Waals surface area (Å²) in [7, 11) is 0. The van der Waals surface area contributed by atoms with Crippen molar-refractivity contribution >= 4 is 11.8 Å². The van der Waals surface area contributed by atoms with Crippen molar-refractivity contribution in [3.05, 3.63) is 41.5 Å². The third-order valence-corrected chi connectivity index (χ3v) is 5.25. The summed E-state index contributed by atoms with van der Waals surface area (Å²) in [5, 5.41) is 13.0. The Morgan fingerprint density at radius 2 is 2.04 bits per heavy atom. The van der Waals surface area contributed by atoms with Crippen molar-refractivity contribution in [2.24, 2.45) is 0 Å². The zero-order valence-electron chi connectivity index (χ0n) is 14.1. The van der Waals surface area contributed by atoms with E-state index in [0.717, 1.165) is 29.9 Å². The molecule has 3 aromatic rings. The summed E-state index contributed by atoms with van der Waals surface area (Å²) in [5.74, 6) is 2.90. The number of benzene rings is 1. The molecule has 6 nitrogen and oxygen atoms in total. The Morgan fingerprint density at radius 1 is 1.16 bits per heavy atom. The maximum absolute atomic E-state index is 5.81. The van der Waals surface area contributed by atoms with E-state index in [2.05, 4.69) is 20.3 Å². The van der Waals surface area contributed by atoms with Crippen LogP contribution >= 0.6 is 11.8 Å². The molecule has 0 amide bonds. The van der Waals surface area contributed by atoms with Gasteiger partial charge in [0.15, 0.2) is 5.82 Å². The van der Waals surface area contributed by atoms with Crippen molar-refractivity contribution in [3.8, 4) is 11.5 Å². The van der Waals surface area contributed by atoms with Gasteiger partial charge in [0.2, 0.25) is 5.89 Å². The van der Waals surface area contributed by atoms with E-state index in [1.54, 1.807) is 0 Å². The van der Waals surface area contributed by atoms with Gasteiger partial charge in [-0.1, -0.05) is 53.9 Å². The number of aryl methyl sites for hydroxylation is 1. The number of rotatable bonds is 5. The van der Waals surface area contributed by atoms with E-state index in [4.69, 9.17) is 8.94 Å². The minimum absolute atomic E-state index is 0.425. The molecule has 2 aromatic heterocycles. The molecule has 1 fully saturated rings. The fourth-order valence-electron chi connectivity index (χ4n) is 3.13. The van der Waals surface area contributed by atoms with Gasteiger partial charge in [0.05, 0.1) is 5.75 Å². The Labute approximate surface area is 150 Å². The SMILES string of the molecule is Cc1cccc(-c2nc(CSc3nnc(C4CCCCC4)o3)no2)c1. The normalized spacial score (nSPS) is 15.6. The van der Waals surface area contributed by atoms with Crippen LogP contribution in [-0.4, -0.2) is 20.3 Å². The molecule has 1 saturated carbocycles. The van der Waals surface area contributed by atoms with E-state index in [1.165, 1.54) is 31.0 Å². The first-order chi connectivity index (χ1) is 12.3. The van der Waals surface area contributed by atoms with Gasteiger partial charge in [-0.2, -0.15) is 4.98 Å². The fraction of sp³-hybridized carbons (Fsp3) is 0.444. The summed E-state index contributed by atoms with van der Waals surface area (Å²) in [4.78, 5) is 4.44. The second-order valence-corrected chi connectivity index (χ2v) is 7.34. The molecule has 0 saturated heterocycles. The van der Waals surface area contributed by atoms with Gasteiger partial charge < -0.3 is 8.94 Å². The zero-order valence-corrected chi connectivity index (χ0v) is 15.0. The highest BCUT2D eigenvalue weighted by molar-refractivity contribution is 7.98. The summed E-state index contributed by atoms with van der Waals surface area (Å²) >= 11 is 1.44. The van der Waals surface area contributed by atoms with Crippen molar-refractivity contribution in [2.45, 2.75) is 55.9 Å². The van der Waals surface area contributed by atoms with Crippen LogP contribution in [0.4, 0.5) is 0 Å². The van der Waals surface area contributed by atoms with E-state index in [0.29, 0.717) is 28.6 Å². The Bertz CT molecular complexity index is 839. The van der Waals surface area contributed by atoms with Gasteiger partial charge in [-0.25, -0.2) is 0 Å². The van der Waals surface area contributed by atoms with Gasteiger partial charge in [0, 0.05) is 11.5 Å². The molecular weight excluding hydrogens is 336 g/mol. The Kier molecular flexibility index (Phi) is 4.83. The van der Waals surface area contributed by atoms with Crippen molar-refractivity contribution in [1.82, 2.24) is 20.3 Å². The minimum Gasteiger partial charge on any atom is -0.416 e. The molecule has 1 aliphatic rings. The van der Waals surface area contributed by atoms with Crippen LogP contribution < -0.4 is 0 Å². The maximum Gasteiger partial charge on any atom is 0.277 e. The number of aromatic nitrogens is 4. The molecule has 1 aliphatic carbocycles. The van der Waals surface area contributed by atoms with Crippen molar-refractivity contribution in [1.29, 1.82) is 0 Å². The van der Waals surface area contributed by atoms with Crippen LogP contribution in [-0.2, 0) is 5.75 Å². The monoisotopic (exact) mass is 356 g/mol. The third-order valence-electron chi connectivity index (χ3n) is 4.43. The number of thioether (sulfide) groups is 1. The van der Waals surface area contributed by atoms with Crippen LogP contribution in [0.15, 0.2) is 38.4 Å². The van der Waals surface area contributed by atoms with Gasteiger partial charge in [-0.3, -0.25) is 0 Å². The van der Waals surface area contributed by atoms with Gasteiger partial charge in [-0.05, 0) is 31.9 Å². The molecule has 4 rings (SSSR count). The van der Waals surface area contributed by atoms with E-state index < -0.39 is 0 Å². The summed E-state index contributed by atoms with van der Waals surface area (Å²) < 4.78 is 11.2. The average molecular weight is 356 g/mol. The van der Waals surface area contributed by atoms with Crippen LogP contribution in [0.2, 0.25) is 0 Å². The maximum atomic E-state index is 5.81. The molecule has 0 aliphatic heterocycles. The lowest BCUT2D eigenvalue weighted by molar-refractivity contribution is 0.334. The zero-order chi connectivity index (χ0) is 17.1. The molecule has 7 heteroatoms. The molecule has 0 N–H and O–H groups in total. The third kappa shape index (κ3) is 3.92. The van der Waals surface area contributed by atoms with Crippen molar-refractivity contribution in [3.63, 3.8) is 0 Å².